The number of aromatic nitrogens is 2. The summed E-state index contributed by atoms with van der Waals surface area (Å²) in [6.07, 6.45) is 5.47. The molecule has 1 aliphatic heterocycles. The molecular weight excluding hydrogens is 264 g/mol. The third-order valence-electron chi connectivity index (χ3n) is 3.46. The molecule has 1 unspecified atom stereocenters. The molecule has 0 aliphatic carbocycles. The van der Waals surface area contributed by atoms with Crippen molar-refractivity contribution in [3.8, 4) is 0 Å². The number of rotatable bonds is 4. The highest BCUT2D eigenvalue weighted by atomic mass is 35.5. The molecule has 0 radical (unpaired) electrons. The predicted octanol–water partition coefficient (Wildman–Crippen LogP) is 1.26. The van der Waals surface area contributed by atoms with Crippen LogP contribution >= 0.6 is 11.6 Å². The van der Waals surface area contributed by atoms with Crippen molar-refractivity contribution in [3.63, 3.8) is 0 Å². The van der Waals surface area contributed by atoms with Crippen LogP contribution in [0.3, 0.4) is 0 Å². The van der Waals surface area contributed by atoms with Crippen LogP contribution in [0.25, 0.3) is 0 Å². The molecule has 2 N–H and O–H groups in total. The summed E-state index contributed by atoms with van der Waals surface area (Å²) in [6, 6.07) is 0. The molecular formula is C13H19ClN4O. The number of hydrogen-bond acceptors (Lipinski definition) is 4. The van der Waals surface area contributed by atoms with E-state index in [9.17, 15) is 4.79 Å². The van der Waals surface area contributed by atoms with Crippen LogP contribution in [0.4, 0.5) is 5.69 Å². The van der Waals surface area contributed by atoms with E-state index in [1.165, 1.54) is 4.68 Å². The van der Waals surface area contributed by atoms with Crippen molar-refractivity contribution in [2.45, 2.75) is 19.4 Å². The maximum Gasteiger partial charge on any atom is 0.287 e. The Bertz CT molecular complexity index is 514. The molecule has 1 fully saturated rings. The van der Waals surface area contributed by atoms with E-state index in [2.05, 4.69) is 16.6 Å². The minimum atomic E-state index is -0.270. The fourth-order valence-corrected chi connectivity index (χ4v) is 2.67. The summed E-state index contributed by atoms with van der Waals surface area (Å²) in [5.41, 5.74) is 6.17. The molecule has 1 saturated heterocycles. The molecule has 2 rings (SSSR count). The first-order valence-corrected chi connectivity index (χ1v) is 6.86. The van der Waals surface area contributed by atoms with Crippen LogP contribution in [-0.2, 0) is 6.54 Å². The molecule has 1 aliphatic rings. The summed E-state index contributed by atoms with van der Waals surface area (Å²) in [7, 11) is 0. The fraction of sp³-hybridized carbons (Fsp3) is 0.538. The van der Waals surface area contributed by atoms with Crippen LogP contribution < -0.4 is 16.2 Å². The molecule has 1 aromatic rings. The van der Waals surface area contributed by atoms with Crippen molar-refractivity contribution in [1.29, 1.82) is 0 Å². The molecule has 1 aromatic heterocycles. The first-order valence-electron chi connectivity index (χ1n) is 6.49. The third kappa shape index (κ3) is 2.98. The zero-order valence-corrected chi connectivity index (χ0v) is 11.6. The Labute approximate surface area is 117 Å². The Morgan fingerprint density at radius 3 is 3.11 bits per heavy atom. The van der Waals surface area contributed by atoms with Crippen molar-refractivity contribution in [3.05, 3.63) is 34.2 Å². The molecule has 1 atom stereocenters. The minimum absolute atomic E-state index is 0.231. The Hall–Kier alpha value is -1.33. The molecule has 0 aromatic carbocycles. The van der Waals surface area contributed by atoms with Crippen molar-refractivity contribution >= 4 is 17.3 Å². The van der Waals surface area contributed by atoms with E-state index in [1.807, 2.05) is 0 Å². The molecule has 6 heteroatoms. The Morgan fingerprint density at radius 2 is 2.42 bits per heavy atom. The lowest BCUT2D eigenvalue weighted by atomic mass is 9.98. The number of anilines is 1. The van der Waals surface area contributed by atoms with Crippen LogP contribution in [0.5, 0.6) is 0 Å². The van der Waals surface area contributed by atoms with Crippen LogP contribution in [0.15, 0.2) is 23.6 Å². The van der Waals surface area contributed by atoms with Crippen molar-refractivity contribution in [1.82, 2.24) is 9.78 Å². The van der Waals surface area contributed by atoms with Gasteiger partial charge in [0.15, 0.2) is 0 Å². The second kappa shape index (κ2) is 6.21. The summed E-state index contributed by atoms with van der Waals surface area (Å²) in [5, 5.41) is 4.36. The molecule has 2 heterocycles. The predicted molar refractivity (Wildman–Crippen MR) is 77.7 cm³/mol. The zero-order chi connectivity index (χ0) is 13.8. The number of piperidine rings is 1. The second-order valence-corrected chi connectivity index (χ2v) is 5.19. The summed E-state index contributed by atoms with van der Waals surface area (Å²) in [5.74, 6) is 0.459. The second-order valence-electron chi connectivity index (χ2n) is 4.81. The standard InChI is InChI=1S/C13H19ClN4O/c1-2-5-18-13(19)12(14)11(8-16-18)17-6-3-4-10(7-15)9-17/h2,8,10H,1,3-7,9,15H2. The van der Waals surface area contributed by atoms with Gasteiger partial charge in [0.05, 0.1) is 18.4 Å². The summed E-state index contributed by atoms with van der Waals surface area (Å²) in [6.45, 7) is 6.35. The SMILES string of the molecule is C=CCn1ncc(N2CCCC(CN)C2)c(Cl)c1=O. The van der Waals surface area contributed by atoms with Gasteiger partial charge in [0.25, 0.3) is 5.56 Å². The Morgan fingerprint density at radius 1 is 1.63 bits per heavy atom. The van der Waals surface area contributed by atoms with Gasteiger partial charge in [0.2, 0.25) is 0 Å². The number of allylic oxidation sites excluding steroid dienone is 1. The molecule has 19 heavy (non-hydrogen) atoms. The maximum absolute atomic E-state index is 12.0. The number of nitrogens with two attached hydrogens (primary N) is 1. The van der Waals surface area contributed by atoms with E-state index in [1.54, 1.807) is 12.3 Å². The fourth-order valence-electron chi connectivity index (χ4n) is 2.41. The summed E-state index contributed by atoms with van der Waals surface area (Å²) in [4.78, 5) is 14.1. The lowest BCUT2D eigenvalue weighted by Gasteiger charge is -2.34. The lowest BCUT2D eigenvalue weighted by Crippen LogP contribution is -2.39. The normalized spacial score (nSPS) is 19.5. The highest BCUT2D eigenvalue weighted by Gasteiger charge is 2.22. The average Bonchev–Trinajstić information content (AvgIpc) is 2.44. The highest BCUT2D eigenvalue weighted by Crippen LogP contribution is 2.26. The summed E-state index contributed by atoms with van der Waals surface area (Å²) >= 11 is 6.18. The first kappa shape index (κ1) is 14.1. The molecule has 0 amide bonds. The minimum Gasteiger partial charge on any atom is -0.369 e. The number of hydrogen-bond donors (Lipinski definition) is 1. The van der Waals surface area contributed by atoms with E-state index in [4.69, 9.17) is 17.3 Å². The lowest BCUT2D eigenvalue weighted by molar-refractivity contribution is 0.423. The Balaban J connectivity index is 2.27. The molecule has 104 valence electrons. The highest BCUT2D eigenvalue weighted by molar-refractivity contribution is 6.33. The van der Waals surface area contributed by atoms with Crippen LogP contribution in [0.1, 0.15) is 12.8 Å². The summed E-state index contributed by atoms with van der Waals surface area (Å²) < 4.78 is 1.31. The van der Waals surface area contributed by atoms with Gasteiger partial charge in [-0.15, -0.1) is 6.58 Å². The maximum atomic E-state index is 12.0. The smallest absolute Gasteiger partial charge is 0.287 e. The van der Waals surface area contributed by atoms with Crippen molar-refractivity contribution < 1.29 is 0 Å². The van der Waals surface area contributed by atoms with E-state index in [0.29, 0.717) is 24.7 Å². The number of nitrogens with zero attached hydrogens (tertiary/aromatic N) is 3. The quantitative estimate of drug-likeness (QED) is 0.845. The van der Waals surface area contributed by atoms with Crippen LogP contribution in [0, 0.1) is 5.92 Å². The van der Waals surface area contributed by atoms with Crippen LogP contribution in [0.2, 0.25) is 5.02 Å². The van der Waals surface area contributed by atoms with Gasteiger partial charge in [-0.2, -0.15) is 5.10 Å². The van der Waals surface area contributed by atoms with E-state index >= 15 is 0 Å². The topological polar surface area (TPSA) is 64.2 Å². The molecule has 0 saturated carbocycles. The zero-order valence-electron chi connectivity index (χ0n) is 10.9. The number of halogens is 1. The van der Waals surface area contributed by atoms with Gasteiger partial charge in [0.1, 0.15) is 5.02 Å². The van der Waals surface area contributed by atoms with Crippen LogP contribution in [-0.4, -0.2) is 29.4 Å². The average molecular weight is 283 g/mol. The monoisotopic (exact) mass is 282 g/mol. The van der Waals surface area contributed by atoms with Gasteiger partial charge in [-0.25, -0.2) is 4.68 Å². The van der Waals surface area contributed by atoms with Crippen molar-refractivity contribution in [2.24, 2.45) is 11.7 Å². The van der Waals surface area contributed by atoms with E-state index in [0.717, 1.165) is 25.9 Å². The van der Waals surface area contributed by atoms with E-state index < -0.39 is 0 Å². The van der Waals surface area contributed by atoms with E-state index in [-0.39, 0.29) is 10.6 Å². The van der Waals surface area contributed by atoms with Crippen molar-refractivity contribution in [2.75, 3.05) is 24.5 Å². The molecule has 0 spiro atoms. The van der Waals surface area contributed by atoms with Gasteiger partial charge in [0, 0.05) is 13.1 Å². The Kier molecular flexibility index (Phi) is 4.61. The van der Waals surface area contributed by atoms with Gasteiger partial charge >= 0.3 is 0 Å². The molecule has 5 nitrogen and oxygen atoms in total. The van der Waals surface area contributed by atoms with Gasteiger partial charge in [-0.1, -0.05) is 17.7 Å². The largest absolute Gasteiger partial charge is 0.369 e. The van der Waals surface area contributed by atoms with Gasteiger partial charge in [-0.3, -0.25) is 4.79 Å². The first-order chi connectivity index (χ1) is 9.17. The third-order valence-corrected chi connectivity index (χ3v) is 3.82. The van der Waals surface area contributed by atoms with Gasteiger partial charge in [-0.05, 0) is 25.3 Å². The van der Waals surface area contributed by atoms with Gasteiger partial charge < -0.3 is 10.6 Å². The molecule has 0 bridgehead atoms.